The molecule has 3 N–H and O–H groups in total. The van der Waals surface area contributed by atoms with Gasteiger partial charge in [0.2, 0.25) is 0 Å². The Morgan fingerprint density at radius 1 is 1.14 bits per heavy atom. The number of rotatable bonds is 0. The van der Waals surface area contributed by atoms with Crippen LogP contribution in [0.5, 0.6) is 0 Å². The molecule has 0 fully saturated rings. The van der Waals surface area contributed by atoms with Gasteiger partial charge < -0.3 is 10.6 Å². The highest BCUT2D eigenvalue weighted by atomic mass is 19.4. The standard InChI is InChI=1S/C14H13F3N4/c15-14(16,17)11-10-12(21-20-11)18-6-5-13(10)7-19-9-4-2-1-3-8(9)13/h1-4,19H,5-7H2,(H2,18,20,21). The maximum atomic E-state index is 13.3. The molecule has 1 atom stereocenters. The van der Waals surface area contributed by atoms with E-state index >= 15 is 0 Å². The van der Waals surface area contributed by atoms with Crippen molar-refractivity contribution in [1.29, 1.82) is 0 Å². The van der Waals surface area contributed by atoms with Gasteiger partial charge in [0.1, 0.15) is 5.69 Å². The fraction of sp³-hybridized carbons (Fsp3) is 0.357. The fourth-order valence-corrected chi connectivity index (χ4v) is 3.50. The van der Waals surface area contributed by atoms with Crippen molar-refractivity contribution < 1.29 is 13.2 Å². The minimum atomic E-state index is -4.44. The van der Waals surface area contributed by atoms with Crippen LogP contribution < -0.4 is 10.6 Å². The molecule has 110 valence electrons. The number of nitrogens with zero attached hydrogens (tertiary/aromatic N) is 1. The predicted octanol–water partition coefficient (Wildman–Crippen LogP) is 2.96. The van der Waals surface area contributed by atoms with Gasteiger partial charge in [0.25, 0.3) is 0 Å². The van der Waals surface area contributed by atoms with Crippen molar-refractivity contribution >= 4 is 11.5 Å². The summed E-state index contributed by atoms with van der Waals surface area (Å²) >= 11 is 0. The fourth-order valence-electron chi connectivity index (χ4n) is 3.50. The average Bonchev–Trinajstić information content (AvgIpc) is 3.03. The molecule has 0 radical (unpaired) electrons. The van der Waals surface area contributed by atoms with Crippen molar-refractivity contribution in [2.75, 3.05) is 23.7 Å². The number of aromatic nitrogens is 2. The number of anilines is 2. The third kappa shape index (κ3) is 1.60. The van der Waals surface area contributed by atoms with Crippen LogP contribution in [0, 0.1) is 0 Å². The molecular formula is C14H13F3N4. The maximum Gasteiger partial charge on any atom is 0.433 e. The molecule has 4 nitrogen and oxygen atoms in total. The van der Waals surface area contributed by atoms with E-state index < -0.39 is 17.3 Å². The second-order valence-corrected chi connectivity index (χ2v) is 5.48. The van der Waals surface area contributed by atoms with Gasteiger partial charge in [0.15, 0.2) is 5.82 Å². The molecule has 7 heteroatoms. The molecular weight excluding hydrogens is 281 g/mol. The molecule has 21 heavy (non-hydrogen) atoms. The van der Waals surface area contributed by atoms with Gasteiger partial charge in [-0.3, -0.25) is 5.10 Å². The van der Waals surface area contributed by atoms with Gasteiger partial charge in [0.05, 0.1) is 0 Å². The van der Waals surface area contributed by atoms with Crippen LogP contribution in [0.2, 0.25) is 0 Å². The first-order valence-corrected chi connectivity index (χ1v) is 6.76. The van der Waals surface area contributed by atoms with Crippen LogP contribution in [0.3, 0.4) is 0 Å². The van der Waals surface area contributed by atoms with E-state index in [0.29, 0.717) is 25.3 Å². The minimum Gasteiger partial charge on any atom is -0.384 e. The summed E-state index contributed by atoms with van der Waals surface area (Å²) in [5.41, 5.74) is 0.635. The lowest BCUT2D eigenvalue weighted by Crippen LogP contribution is -2.38. The summed E-state index contributed by atoms with van der Waals surface area (Å²) in [6, 6.07) is 7.55. The molecule has 0 bridgehead atoms. The monoisotopic (exact) mass is 294 g/mol. The van der Waals surface area contributed by atoms with Crippen molar-refractivity contribution in [1.82, 2.24) is 10.2 Å². The highest BCUT2D eigenvalue weighted by Crippen LogP contribution is 2.51. The summed E-state index contributed by atoms with van der Waals surface area (Å²) in [6.45, 7) is 1.06. The zero-order valence-electron chi connectivity index (χ0n) is 11.0. The number of hydrogen-bond donors (Lipinski definition) is 3. The average molecular weight is 294 g/mol. The molecule has 3 heterocycles. The molecule has 0 saturated carbocycles. The summed E-state index contributed by atoms with van der Waals surface area (Å²) in [5, 5.41) is 12.2. The Morgan fingerprint density at radius 2 is 1.95 bits per heavy atom. The van der Waals surface area contributed by atoms with Gasteiger partial charge in [0, 0.05) is 29.8 Å². The second-order valence-electron chi connectivity index (χ2n) is 5.48. The number of aromatic amines is 1. The molecule has 2 aliphatic rings. The lowest BCUT2D eigenvalue weighted by atomic mass is 9.71. The van der Waals surface area contributed by atoms with E-state index in [2.05, 4.69) is 20.8 Å². The summed E-state index contributed by atoms with van der Waals surface area (Å²) < 4.78 is 39.9. The first kappa shape index (κ1) is 12.6. The number of para-hydroxylation sites is 1. The number of fused-ring (bicyclic) bond motifs is 4. The lowest BCUT2D eigenvalue weighted by molar-refractivity contribution is -0.142. The van der Waals surface area contributed by atoms with Crippen LogP contribution in [0.15, 0.2) is 24.3 Å². The van der Waals surface area contributed by atoms with E-state index in [1.54, 1.807) is 0 Å². The Hall–Kier alpha value is -2.18. The van der Waals surface area contributed by atoms with Crippen molar-refractivity contribution in [3.63, 3.8) is 0 Å². The molecule has 0 saturated heterocycles. The van der Waals surface area contributed by atoms with E-state index in [9.17, 15) is 13.2 Å². The number of benzene rings is 1. The van der Waals surface area contributed by atoms with Gasteiger partial charge in [-0.2, -0.15) is 18.3 Å². The van der Waals surface area contributed by atoms with Crippen molar-refractivity contribution in [2.45, 2.75) is 18.0 Å². The van der Waals surface area contributed by atoms with Gasteiger partial charge in [-0.05, 0) is 18.1 Å². The number of H-pyrrole nitrogens is 1. The number of halogens is 3. The van der Waals surface area contributed by atoms with Crippen molar-refractivity contribution in [2.24, 2.45) is 0 Å². The molecule has 2 aromatic rings. The highest BCUT2D eigenvalue weighted by molar-refractivity contribution is 5.69. The maximum absolute atomic E-state index is 13.3. The molecule has 2 aliphatic heterocycles. The van der Waals surface area contributed by atoms with E-state index in [-0.39, 0.29) is 5.56 Å². The first-order valence-electron chi connectivity index (χ1n) is 6.76. The Kier molecular flexibility index (Phi) is 2.35. The van der Waals surface area contributed by atoms with Crippen LogP contribution in [0.25, 0.3) is 0 Å². The van der Waals surface area contributed by atoms with Gasteiger partial charge in [-0.25, -0.2) is 0 Å². The zero-order chi connectivity index (χ0) is 14.7. The van der Waals surface area contributed by atoms with Crippen LogP contribution in [-0.2, 0) is 11.6 Å². The quantitative estimate of drug-likeness (QED) is 0.700. The largest absolute Gasteiger partial charge is 0.433 e. The Morgan fingerprint density at radius 3 is 2.76 bits per heavy atom. The molecule has 1 unspecified atom stereocenters. The molecule has 1 aromatic carbocycles. The number of nitrogens with one attached hydrogen (secondary N) is 3. The predicted molar refractivity (Wildman–Crippen MR) is 72.4 cm³/mol. The van der Waals surface area contributed by atoms with Gasteiger partial charge >= 0.3 is 6.18 Å². The molecule has 1 spiro atoms. The molecule has 0 amide bonds. The Balaban J connectivity index is 1.98. The summed E-state index contributed by atoms with van der Waals surface area (Å²) in [5.74, 6) is 0.312. The van der Waals surface area contributed by atoms with Crippen LogP contribution in [0.4, 0.5) is 24.7 Å². The summed E-state index contributed by atoms with van der Waals surface area (Å²) in [7, 11) is 0. The first-order chi connectivity index (χ1) is 10.0. The Labute approximate surface area is 118 Å². The van der Waals surface area contributed by atoms with E-state index in [4.69, 9.17) is 0 Å². The van der Waals surface area contributed by atoms with E-state index in [1.807, 2.05) is 24.3 Å². The lowest BCUT2D eigenvalue weighted by Gasteiger charge is -2.34. The smallest absolute Gasteiger partial charge is 0.384 e. The number of hydrogen-bond acceptors (Lipinski definition) is 3. The summed E-state index contributed by atoms with van der Waals surface area (Å²) in [4.78, 5) is 0. The van der Waals surface area contributed by atoms with Crippen LogP contribution >= 0.6 is 0 Å². The van der Waals surface area contributed by atoms with Crippen LogP contribution in [0.1, 0.15) is 23.2 Å². The SMILES string of the molecule is FC(F)(F)c1[nH]nc2c1C1(CCN2)CNc2ccccc21. The van der Waals surface area contributed by atoms with Crippen molar-refractivity contribution in [3.8, 4) is 0 Å². The molecule has 4 rings (SSSR count). The van der Waals surface area contributed by atoms with E-state index in [1.165, 1.54) is 0 Å². The van der Waals surface area contributed by atoms with Gasteiger partial charge in [-0.1, -0.05) is 18.2 Å². The number of alkyl halides is 3. The van der Waals surface area contributed by atoms with Crippen molar-refractivity contribution in [3.05, 3.63) is 41.1 Å². The van der Waals surface area contributed by atoms with Gasteiger partial charge in [-0.15, -0.1) is 0 Å². The third-order valence-electron chi connectivity index (χ3n) is 4.40. The topological polar surface area (TPSA) is 52.7 Å². The van der Waals surface area contributed by atoms with Crippen LogP contribution in [-0.4, -0.2) is 23.3 Å². The van der Waals surface area contributed by atoms with E-state index in [0.717, 1.165) is 11.3 Å². The zero-order valence-corrected chi connectivity index (χ0v) is 11.0. The summed E-state index contributed by atoms with van der Waals surface area (Å²) in [6.07, 6.45) is -3.84. The highest BCUT2D eigenvalue weighted by Gasteiger charge is 2.51. The third-order valence-corrected chi connectivity index (χ3v) is 4.40. The normalized spacial score (nSPS) is 23.4. The Bertz CT molecular complexity index is 706. The second kappa shape index (κ2) is 3.93. The minimum absolute atomic E-state index is 0.235. The molecule has 1 aromatic heterocycles. The molecule has 0 aliphatic carbocycles.